The summed E-state index contributed by atoms with van der Waals surface area (Å²) in [5.41, 5.74) is 2.26. The molecule has 104 valence electrons. The normalized spacial score (nSPS) is 22.4. The van der Waals surface area contributed by atoms with Crippen LogP contribution in [0.1, 0.15) is 29.6 Å². The summed E-state index contributed by atoms with van der Waals surface area (Å²) in [5, 5.41) is 10.6. The number of halogens is 1. The Morgan fingerprint density at radius 1 is 1.20 bits per heavy atom. The maximum absolute atomic E-state index is 10.6. The summed E-state index contributed by atoms with van der Waals surface area (Å²) in [7, 11) is 1.64. The SMILES string of the molecule is COc1ccc(C(O)C2CC2c2ccccc2)c(Br)c1. The molecule has 3 unspecified atom stereocenters. The summed E-state index contributed by atoms with van der Waals surface area (Å²) < 4.78 is 6.09. The molecule has 3 heteroatoms. The van der Waals surface area contributed by atoms with E-state index in [9.17, 15) is 5.11 Å². The zero-order valence-corrected chi connectivity index (χ0v) is 12.9. The number of hydrogen-bond donors (Lipinski definition) is 1. The molecule has 0 aromatic heterocycles. The number of aliphatic hydroxyl groups excluding tert-OH is 1. The van der Waals surface area contributed by atoms with Crippen LogP contribution in [0.5, 0.6) is 5.75 Å². The molecular weight excluding hydrogens is 316 g/mol. The van der Waals surface area contributed by atoms with Crippen LogP contribution >= 0.6 is 15.9 Å². The second-order valence-corrected chi connectivity index (χ2v) is 6.10. The molecule has 1 fully saturated rings. The van der Waals surface area contributed by atoms with Crippen LogP contribution in [0.4, 0.5) is 0 Å². The highest BCUT2D eigenvalue weighted by molar-refractivity contribution is 9.10. The average molecular weight is 333 g/mol. The van der Waals surface area contributed by atoms with Gasteiger partial charge in [0.25, 0.3) is 0 Å². The van der Waals surface area contributed by atoms with Crippen molar-refractivity contribution in [1.82, 2.24) is 0 Å². The van der Waals surface area contributed by atoms with Gasteiger partial charge in [0.05, 0.1) is 13.2 Å². The Balaban J connectivity index is 1.76. The van der Waals surface area contributed by atoms with E-state index in [1.807, 2.05) is 24.3 Å². The third-order valence-electron chi connectivity index (χ3n) is 4.00. The zero-order chi connectivity index (χ0) is 14.1. The van der Waals surface area contributed by atoms with Crippen LogP contribution in [0.25, 0.3) is 0 Å². The van der Waals surface area contributed by atoms with Crippen LogP contribution in [0, 0.1) is 5.92 Å². The van der Waals surface area contributed by atoms with Gasteiger partial charge in [-0.05, 0) is 41.5 Å². The highest BCUT2D eigenvalue weighted by atomic mass is 79.9. The fraction of sp³-hybridized carbons (Fsp3) is 0.294. The van der Waals surface area contributed by atoms with E-state index in [0.717, 1.165) is 22.2 Å². The first-order valence-electron chi connectivity index (χ1n) is 6.77. The molecule has 0 saturated heterocycles. The zero-order valence-electron chi connectivity index (χ0n) is 11.3. The van der Waals surface area contributed by atoms with Gasteiger partial charge in [-0.3, -0.25) is 0 Å². The van der Waals surface area contributed by atoms with Crippen molar-refractivity contribution in [1.29, 1.82) is 0 Å². The number of methoxy groups -OCH3 is 1. The molecule has 0 amide bonds. The summed E-state index contributed by atoms with van der Waals surface area (Å²) in [6.07, 6.45) is 0.615. The van der Waals surface area contributed by atoms with Gasteiger partial charge in [0.1, 0.15) is 5.75 Å². The molecule has 2 nitrogen and oxygen atoms in total. The Hall–Kier alpha value is -1.32. The highest BCUT2D eigenvalue weighted by Crippen LogP contribution is 2.54. The summed E-state index contributed by atoms with van der Waals surface area (Å²) >= 11 is 3.52. The molecule has 1 saturated carbocycles. The molecule has 0 radical (unpaired) electrons. The van der Waals surface area contributed by atoms with Crippen molar-refractivity contribution in [3.63, 3.8) is 0 Å². The molecule has 0 aliphatic heterocycles. The molecule has 2 aromatic rings. The van der Waals surface area contributed by atoms with Crippen LogP contribution in [0.3, 0.4) is 0 Å². The first-order chi connectivity index (χ1) is 9.70. The van der Waals surface area contributed by atoms with Crippen molar-refractivity contribution >= 4 is 15.9 Å². The minimum absolute atomic E-state index is 0.307. The van der Waals surface area contributed by atoms with Gasteiger partial charge in [0.2, 0.25) is 0 Å². The lowest BCUT2D eigenvalue weighted by Crippen LogP contribution is -2.02. The molecule has 1 aliphatic rings. The Labute approximate surface area is 127 Å². The highest BCUT2D eigenvalue weighted by Gasteiger charge is 2.44. The Kier molecular flexibility index (Phi) is 3.81. The van der Waals surface area contributed by atoms with E-state index in [0.29, 0.717) is 11.8 Å². The maximum atomic E-state index is 10.6. The second kappa shape index (κ2) is 5.58. The van der Waals surface area contributed by atoms with Gasteiger partial charge >= 0.3 is 0 Å². The van der Waals surface area contributed by atoms with Gasteiger partial charge in [0.15, 0.2) is 0 Å². The fourth-order valence-electron chi connectivity index (χ4n) is 2.75. The molecule has 0 spiro atoms. The van der Waals surface area contributed by atoms with Crippen LogP contribution in [0.2, 0.25) is 0 Å². The van der Waals surface area contributed by atoms with Crippen molar-refractivity contribution in [3.05, 3.63) is 64.1 Å². The minimum Gasteiger partial charge on any atom is -0.497 e. The van der Waals surface area contributed by atoms with E-state index in [4.69, 9.17) is 4.74 Å². The van der Waals surface area contributed by atoms with Crippen LogP contribution in [0.15, 0.2) is 53.0 Å². The average Bonchev–Trinajstić information content (AvgIpc) is 3.28. The predicted molar refractivity (Wildman–Crippen MR) is 82.9 cm³/mol. The third-order valence-corrected chi connectivity index (χ3v) is 4.69. The van der Waals surface area contributed by atoms with Gasteiger partial charge < -0.3 is 9.84 Å². The van der Waals surface area contributed by atoms with Gasteiger partial charge in [-0.1, -0.05) is 52.3 Å². The van der Waals surface area contributed by atoms with Crippen molar-refractivity contribution in [2.75, 3.05) is 7.11 Å². The predicted octanol–water partition coefficient (Wildman–Crippen LogP) is 4.29. The molecule has 0 bridgehead atoms. The van der Waals surface area contributed by atoms with Crippen LogP contribution in [-0.2, 0) is 0 Å². The molecule has 2 aromatic carbocycles. The summed E-state index contributed by atoms with van der Waals surface area (Å²) in [4.78, 5) is 0. The smallest absolute Gasteiger partial charge is 0.120 e. The second-order valence-electron chi connectivity index (χ2n) is 5.25. The largest absolute Gasteiger partial charge is 0.497 e. The molecule has 3 rings (SSSR count). The van der Waals surface area contributed by atoms with Gasteiger partial charge in [-0.25, -0.2) is 0 Å². The lowest BCUT2D eigenvalue weighted by Gasteiger charge is -2.14. The van der Waals surface area contributed by atoms with Crippen LogP contribution < -0.4 is 4.74 Å². The van der Waals surface area contributed by atoms with E-state index >= 15 is 0 Å². The van der Waals surface area contributed by atoms with Gasteiger partial charge in [-0.15, -0.1) is 0 Å². The summed E-state index contributed by atoms with van der Waals surface area (Å²) in [6.45, 7) is 0. The van der Waals surface area contributed by atoms with Crippen molar-refractivity contribution in [2.24, 2.45) is 5.92 Å². The lowest BCUT2D eigenvalue weighted by molar-refractivity contribution is 0.150. The summed E-state index contributed by atoms with van der Waals surface area (Å²) in [6, 6.07) is 16.1. The lowest BCUT2D eigenvalue weighted by atomic mass is 10.0. The van der Waals surface area contributed by atoms with Crippen molar-refractivity contribution in [3.8, 4) is 5.75 Å². The topological polar surface area (TPSA) is 29.5 Å². The quantitative estimate of drug-likeness (QED) is 0.904. The van der Waals surface area contributed by atoms with E-state index in [-0.39, 0.29) is 0 Å². The van der Waals surface area contributed by atoms with E-state index in [1.54, 1.807) is 7.11 Å². The number of aliphatic hydroxyl groups is 1. The Bertz CT molecular complexity index is 597. The maximum Gasteiger partial charge on any atom is 0.120 e. The standard InChI is InChI=1S/C17H17BrO2/c1-20-12-7-8-13(16(18)9-12)17(19)15-10-14(15)11-5-3-2-4-6-11/h2-9,14-15,17,19H,10H2,1H3. The fourth-order valence-corrected chi connectivity index (χ4v) is 3.34. The van der Waals surface area contributed by atoms with E-state index < -0.39 is 6.10 Å². The van der Waals surface area contributed by atoms with Gasteiger partial charge in [0, 0.05) is 4.47 Å². The molecular formula is C17H17BrO2. The number of rotatable bonds is 4. The number of benzene rings is 2. The Morgan fingerprint density at radius 3 is 2.60 bits per heavy atom. The van der Waals surface area contributed by atoms with E-state index in [2.05, 4.69) is 40.2 Å². The number of ether oxygens (including phenoxy) is 1. The molecule has 0 heterocycles. The van der Waals surface area contributed by atoms with Crippen LogP contribution in [-0.4, -0.2) is 12.2 Å². The van der Waals surface area contributed by atoms with Crippen molar-refractivity contribution < 1.29 is 9.84 Å². The molecule has 1 aliphatic carbocycles. The molecule has 3 atom stereocenters. The summed E-state index contributed by atoms with van der Waals surface area (Å²) in [5.74, 6) is 1.57. The van der Waals surface area contributed by atoms with Gasteiger partial charge in [-0.2, -0.15) is 0 Å². The van der Waals surface area contributed by atoms with E-state index in [1.165, 1.54) is 5.56 Å². The third kappa shape index (κ3) is 2.60. The number of hydrogen-bond acceptors (Lipinski definition) is 2. The Morgan fingerprint density at radius 2 is 1.95 bits per heavy atom. The minimum atomic E-state index is -0.430. The molecule has 20 heavy (non-hydrogen) atoms. The first-order valence-corrected chi connectivity index (χ1v) is 7.56. The van der Waals surface area contributed by atoms with Crippen molar-refractivity contribution in [2.45, 2.75) is 18.4 Å². The molecule has 1 N–H and O–H groups in total. The monoisotopic (exact) mass is 332 g/mol. The first kappa shape index (κ1) is 13.7.